The average Bonchev–Trinajstić information content (AvgIpc) is 2.47. The fraction of sp³-hybridized carbons (Fsp3) is 0.235. The first kappa shape index (κ1) is 15.1. The summed E-state index contributed by atoms with van der Waals surface area (Å²) in [5, 5.41) is 15.1. The van der Waals surface area contributed by atoms with Gasteiger partial charge in [0.2, 0.25) is 0 Å². The molecule has 2 rings (SSSR count). The molecule has 0 aliphatic carbocycles. The molecule has 0 saturated carbocycles. The number of carbonyl (C=O) groups is 1. The molecule has 0 fully saturated rings. The predicted molar refractivity (Wildman–Crippen MR) is 84.1 cm³/mol. The Balaban J connectivity index is 1.89. The van der Waals surface area contributed by atoms with E-state index in [-0.39, 0.29) is 6.03 Å². The van der Waals surface area contributed by atoms with E-state index in [1.165, 1.54) is 5.56 Å². The van der Waals surface area contributed by atoms with E-state index in [2.05, 4.69) is 10.6 Å². The lowest BCUT2D eigenvalue weighted by atomic mass is 10.1. The van der Waals surface area contributed by atoms with Gasteiger partial charge < -0.3 is 15.7 Å². The average molecular weight is 284 g/mol. The summed E-state index contributed by atoms with van der Waals surface area (Å²) in [4.78, 5) is 11.8. The molecule has 0 heterocycles. The number of aryl methyl sites for hydroxylation is 1. The number of anilines is 1. The Labute approximate surface area is 124 Å². The van der Waals surface area contributed by atoms with Crippen LogP contribution >= 0.6 is 0 Å². The molecule has 0 bridgehead atoms. The van der Waals surface area contributed by atoms with Crippen LogP contribution in [0, 0.1) is 6.92 Å². The minimum absolute atomic E-state index is 0.265. The first-order valence-electron chi connectivity index (χ1n) is 6.93. The van der Waals surface area contributed by atoms with E-state index in [1.54, 1.807) is 25.1 Å². The molecule has 0 radical (unpaired) electrons. The Morgan fingerprint density at radius 2 is 1.90 bits per heavy atom. The minimum Gasteiger partial charge on any atom is -0.389 e. The lowest BCUT2D eigenvalue weighted by molar-refractivity contribution is 0.199. The standard InChI is InChI=1S/C17H20N2O2/c1-12-6-8-14(9-7-12)11-18-17(21)19-16-5-3-4-15(10-16)13(2)20/h3-10,13,20H,11H2,1-2H3,(H2,18,19,21). The van der Waals surface area contributed by atoms with Crippen molar-refractivity contribution in [2.75, 3.05) is 5.32 Å². The molecule has 1 atom stereocenters. The molecule has 3 N–H and O–H groups in total. The van der Waals surface area contributed by atoms with Crippen molar-refractivity contribution in [2.45, 2.75) is 26.5 Å². The van der Waals surface area contributed by atoms with Gasteiger partial charge in [-0.2, -0.15) is 0 Å². The van der Waals surface area contributed by atoms with E-state index in [0.717, 1.165) is 11.1 Å². The van der Waals surface area contributed by atoms with Crippen LogP contribution in [-0.4, -0.2) is 11.1 Å². The lowest BCUT2D eigenvalue weighted by Gasteiger charge is -2.10. The Hall–Kier alpha value is -2.33. The van der Waals surface area contributed by atoms with Crippen molar-refractivity contribution in [3.8, 4) is 0 Å². The zero-order chi connectivity index (χ0) is 15.2. The van der Waals surface area contributed by atoms with E-state index in [0.29, 0.717) is 12.2 Å². The van der Waals surface area contributed by atoms with Gasteiger partial charge in [-0.1, -0.05) is 42.0 Å². The maximum absolute atomic E-state index is 11.8. The molecule has 1 unspecified atom stereocenters. The first-order chi connectivity index (χ1) is 10.0. The summed E-state index contributed by atoms with van der Waals surface area (Å²) in [6.45, 7) is 4.19. The predicted octanol–water partition coefficient (Wildman–Crippen LogP) is 3.37. The fourth-order valence-corrected chi connectivity index (χ4v) is 1.94. The number of nitrogens with one attached hydrogen (secondary N) is 2. The molecular formula is C17H20N2O2. The van der Waals surface area contributed by atoms with Crippen molar-refractivity contribution < 1.29 is 9.90 Å². The van der Waals surface area contributed by atoms with Crippen LogP contribution in [0.4, 0.5) is 10.5 Å². The van der Waals surface area contributed by atoms with Crippen LogP contribution in [0.5, 0.6) is 0 Å². The summed E-state index contributed by atoms with van der Waals surface area (Å²) in [7, 11) is 0. The number of rotatable bonds is 4. The zero-order valence-corrected chi connectivity index (χ0v) is 12.3. The van der Waals surface area contributed by atoms with Gasteiger partial charge in [-0.3, -0.25) is 0 Å². The number of benzene rings is 2. The molecule has 2 aromatic carbocycles. The van der Waals surface area contributed by atoms with E-state index in [1.807, 2.05) is 37.3 Å². The third kappa shape index (κ3) is 4.61. The summed E-state index contributed by atoms with van der Waals surface area (Å²) in [5.74, 6) is 0. The third-order valence-corrected chi connectivity index (χ3v) is 3.20. The zero-order valence-electron chi connectivity index (χ0n) is 12.3. The normalized spacial score (nSPS) is 11.8. The van der Waals surface area contributed by atoms with Crippen molar-refractivity contribution in [3.05, 3.63) is 65.2 Å². The largest absolute Gasteiger partial charge is 0.389 e. The molecule has 0 aromatic heterocycles. The van der Waals surface area contributed by atoms with Crippen LogP contribution in [0.25, 0.3) is 0 Å². The quantitative estimate of drug-likeness (QED) is 0.806. The van der Waals surface area contributed by atoms with Gasteiger partial charge in [0.15, 0.2) is 0 Å². The van der Waals surface area contributed by atoms with Crippen molar-refractivity contribution >= 4 is 11.7 Å². The number of aliphatic hydroxyl groups excluding tert-OH is 1. The van der Waals surface area contributed by atoms with Crippen molar-refractivity contribution in [3.63, 3.8) is 0 Å². The minimum atomic E-state index is -0.553. The molecular weight excluding hydrogens is 264 g/mol. The Morgan fingerprint density at radius 1 is 1.19 bits per heavy atom. The lowest BCUT2D eigenvalue weighted by Crippen LogP contribution is -2.28. The Bertz CT molecular complexity index is 606. The van der Waals surface area contributed by atoms with Gasteiger partial charge in [0.1, 0.15) is 0 Å². The highest BCUT2D eigenvalue weighted by molar-refractivity contribution is 5.89. The molecule has 2 aromatic rings. The SMILES string of the molecule is Cc1ccc(CNC(=O)Nc2cccc(C(C)O)c2)cc1. The van der Waals surface area contributed by atoms with Gasteiger partial charge in [0.25, 0.3) is 0 Å². The fourth-order valence-electron chi connectivity index (χ4n) is 1.94. The molecule has 0 aliphatic rings. The van der Waals surface area contributed by atoms with Gasteiger partial charge >= 0.3 is 6.03 Å². The summed E-state index contributed by atoms with van der Waals surface area (Å²) in [6, 6.07) is 14.9. The smallest absolute Gasteiger partial charge is 0.319 e. The van der Waals surface area contributed by atoms with Gasteiger partial charge in [-0.05, 0) is 37.1 Å². The molecule has 110 valence electrons. The number of carbonyl (C=O) groups excluding carboxylic acids is 1. The highest BCUT2D eigenvalue weighted by Gasteiger charge is 2.05. The van der Waals surface area contributed by atoms with E-state index in [9.17, 15) is 9.90 Å². The number of hydrogen-bond acceptors (Lipinski definition) is 2. The summed E-state index contributed by atoms with van der Waals surface area (Å²) in [6.07, 6.45) is -0.553. The maximum atomic E-state index is 11.8. The van der Waals surface area contributed by atoms with Crippen molar-refractivity contribution in [2.24, 2.45) is 0 Å². The molecule has 4 heteroatoms. The van der Waals surface area contributed by atoms with E-state index < -0.39 is 6.10 Å². The molecule has 0 aliphatic heterocycles. The number of hydrogen-bond donors (Lipinski definition) is 3. The summed E-state index contributed by atoms with van der Waals surface area (Å²) < 4.78 is 0. The van der Waals surface area contributed by atoms with Crippen LogP contribution in [0.15, 0.2) is 48.5 Å². The van der Waals surface area contributed by atoms with Gasteiger partial charge in [-0.15, -0.1) is 0 Å². The monoisotopic (exact) mass is 284 g/mol. The van der Waals surface area contributed by atoms with E-state index in [4.69, 9.17) is 0 Å². The maximum Gasteiger partial charge on any atom is 0.319 e. The second-order valence-corrected chi connectivity index (χ2v) is 5.09. The molecule has 0 saturated heterocycles. The van der Waals surface area contributed by atoms with Crippen molar-refractivity contribution in [1.82, 2.24) is 5.32 Å². The van der Waals surface area contributed by atoms with Crippen LogP contribution < -0.4 is 10.6 Å². The van der Waals surface area contributed by atoms with Crippen LogP contribution in [0.3, 0.4) is 0 Å². The summed E-state index contributed by atoms with van der Waals surface area (Å²) in [5.41, 5.74) is 3.67. The van der Waals surface area contributed by atoms with Gasteiger partial charge in [-0.25, -0.2) is 4.79 Å². The number of amides is 2. The highest BCUT2D eigenvalue weighted by atomic mass is 16.3. The second kappa shape index (κ2) is 6.90. The Morgan fingerprint density at radius 3 is 2.57 bits per heavy atom. The van der Waals surface area contributed by atoms with E-state index >= 15 is 0 Å². The molecule has 4 nitrogen and oxygen atoms in total. The third-order valence-electron chi connectivity index (χ3n) is 3.20. The van der Waals surface area contributed by atoms with Crippen molar-refractivity contribution in [1.29, 1.82) is 0 Å². The molecule has 21 heavy (non-hydrogen) atoms. The molecule has 2 amide bonds. The van der Waals surface area contributed by atoms with Gasteiger partial charge in [0.05, 0.1) is 6.10 Å². The van der Waals surface area contributed by atoms with Crippen LogP contribution in [-0.2, 0) is 6.54 Å². The second-order valence-electron chi connectivity index (χ2n) is 5.09. The van der Waals surface area contributed by atoms with Gasteiger partial charge in [0, 0.05) is 12.2 Å². The Kier molecular flexibility index (Phi) is 4.95. The summed E-state index contributed by atoms with van der Waals surface area (Å²) >= 11 is 0. The highest BCUT2D eigenvalue weighted by Crippen LogP contribution is 2.16. The van der Waals surface area contributed by atoms with Crippen LogP contribution in [0.1, 0.15) is 29.7 Å². The molecule has 0 spiro atoms. The first-order valence-corrected chi connectivity index (χ1v) is 6.93. The topological polar surface area (TPSA) is 61.4 Å². The number of aliphatic hydroxyl groups is 1. The van der Waals surface area contributed by atoms with Crippen LogP contribution in [0.2, 0.25) is 0 Å². The number of urea groups is 1.